The van der Waals surface area contributed by atoms with Crippen LogP contribution in [0.1, 0.15) is 11.1 Å². The number of hydrogen-bond donors (Lipinski definition) is 1. The number of carbonyl (C=O) groups excluding carboxylic acids is 1. The molecule has 2 aromatic heterocycles. The summed E-state index contributed by atoms with van der Waals surface area (Å²) in [5.41, 5.74) is 4.09. The maximum Gasteiger partial charge on any atom is 0.269 e. The molecule has 30 heavy (non-hydrogen) atoms. The lowest BCUT2D eigenvalue weighted by Gasteiger charge is -2.10. The van der Waals surface area contributed by atoms with Gasteiger partial charge in [-0.15, -0.1) is 0 Å². The Morgan fingerprint density at radius 1 is 1.13 bits per heavy atom. The number of benzene rings is 2. The number of carbonyl (C=O) groups is 1. The average molecular weight is 416 g/mol. The topological polar surface area (TPSA) is 98.0 Å². The number of hydrogen-bond acceptors (Lipinski definition) is 6. The van der Waals surface area contributed by atoms with Gasteiger partial charge in [-0.3, -0.25) is 14.9 Å². The Morgan fingerprint density at radius 2 is 1.93 bits per heavy atom. The Hall–Kier alpha value is -3.91. The Labute approximate surface area is 175 Å². The van der Waals surface area contributed by atoms with E-state index in [-0.39, 0.29) is 11.6 Å². The molecule has 0 bridgehead atoms. The molecule has 0 atom stereocenters. The van der Waals surface area contributed by atoms with Crippen LogP contribution in [0.4, 0.5) is 11.4 Å². The van der Waals surface area contributed by atoms with Crippen LogP contribution >= 0.6 is 11.3 Å². The van der Waals surface area contributed by atoms with Crippen LogP contribution in [-0.2, 0) is 4.79 Å². The number of nitrogens with one attached hydrogen (secondary N) is 1. The first-order chi connectivity index (χ1) is 14.5. The smallest absolute Gasteiger partial charge is 0.269 e. The van der Waals surface area contributed by atoms with Crippen molar-refractivity contribution in [1.82, 2.24) is 9.97 Å². The molecule has 148 valence electrons. The Kier molecular flexibility index (Phi) is 5.32. The summed E-state index contributed by atoms with van der Waals surface area (Å²) in [6, 6.07) is 15.4. The number of nitrogens with zero attached hydrogens (tertiary/aromatic N) is 3. The summed E-state index contributed by atoms with van der Waals surface area (Å²) in [4.78, 5) is 32.5. The predicted molar refractivity (Wildman–Crippen MR) is 118 cm³/mol. The highest BCUT2D eigenvalue weighted by atomic mass is 32.1. The van der Waals surface area contributed by atoms with Gasteiger partial charge in [-0.05, 0) is 54.5 Å². The van der Waals surface area contributed by atoms with E-state index in [0.717, 1.165) is 26.5 Å². The van der Waals surface area contributed by atoms with Crippen LogP contribution < -0.4 is 5.32 Å². The molecule has 0 aliphatic rings. The first-order valence-corrected chi connectivity index (χ1v) is 9.88. The monoisotopic (exact) mass is 416 g/mol. The van der Waals surface area contributed by atoms with Crippen molar-refractivity contribution in [1.29, 1.82) is 0 Å². The van der Waals surface area contributed by atoms with Crippen LogP contribution in [0.2, 0.25) is 0 Å². The van der Waals surface area contributed by atoms with Crippen molar-refractivity contribution < 1.29 is 9.72 Å². The summed E-state index contributed by atoms with van der Waals surface area (Å²) >= 11 is 1.51. The van der Waals surface area contributed by atoms with Crippen molar-refractivity contribution in [3.05, 3.63) is 88.1 Å². The normalized spacial score (nSPS) is 11.1. The van der Waals surface area contributed by atoms with Crippen LogP contribution in [0.25, 0.3) is 27.0 Å². The molecule has 2 aromatic carbocycles. The molecule has 0 radical (unpaired) electrons. The molecule has 4 aromatic rings. The van der Waals surface area contributed by atoms with Gasteiger partial charge >= 0.3 is 0 Å². The summed E-state index contributed by atoms with van der Waals surface area (Å²) in [5, 5.41) is 14.4. The van der Waals surface area contributed by atoms with E-state index in [1.165, 1.54) is 29.5 Å². The molecule has 0 saturated carbocycles. The fourth-order valence-corrected chi connectivity index (χ4v) is 3.93. The number of amides is 1. The quantitative estimate of drug-likeness (QED) is 0.273. The molecule has 0 aliphatic carbocycles. The van der Waals surface area contributed by atoms with Gasteiger partial charge in [0.2, 0.25) is 5.91 Å². The maximum atomic E-state index is 12.4. The van der Waals surface area contributed by atoms with Crippen molar-refractivity contribution in [2.24, 2.45) is 0 Å². The lowest BCUT2D eigenvalue weighted by atomic mass is 10.1. The molecule has 4 rings (SSSR count). The molecule has 0 saturated heterocycles. The highest BCUT2D eigenvalue weighted by molar-refractivity contribution is 7.21. The van der Waals surface area contributed by atoms with Crippen molar-refractivity contribution in [3.63, 3.8) is 0 Å². The van der Waals surface area contributed by atoms with E-state index in [2.05, 4.69) is 15.3 Å². The average Bonchev–Trinajstić information content (AvgIpc) is 3.18. The van der Waals surface area contributed by atoms with Gasteiger partial charge in [0.1, 0.15) is 15.4 Å². The van der Waals surface area contributed by atoms with Gasteiger partial charge in [-0.1, -0.05) is 23.5 Å². The summed E-state index contributed by atoms with van der Waals surface area (Å²) in [6.45, 7) is 1.94. The molecule has 1 amide bonds. The van der Waals surface area contributed by atoms with Crippen LogP contribution in [0, 0.1) is 17.0 Å². The van der Waals surface area contributed by atoms with E-state index >= 15 is 0 Å². The fraction of sp³-hybridized carbons (Fsp3) is 0.0455. The zero-order valence-corrected chi connectivity index (χ0v) is 16.7. The van der Waals surface area contributed by atoms with Crippen molar-refractivity contribution in [2.45, 2.75) is 6.92 Å². The van der Waals surface area contributed by atoms with Crippen molar-refractivity contribution in [2.75, 3.05) is 5.32 Å². The molecule has 1 N–H and O–H groups in total. The van der Waals surface area contributed by atoms with Gasteiger partial charge in [-0.25, -0.2) is 9.97 Å². The molecule has 0 unspecified atom stereocenters. The summed E-state index contributed by atoms with van der Waals surface area (Å²) in [5.74, 6) is -0.292. The summed E-state index contributed by atoms with van der Waals surface area (Å²) < 4.78 is 0. The van der Waals surface area contributed by atoms with Crippen molar-refractivity contribution >= 4 is 45.0 Å². The van der Waals surface area contributed by atoms with Gasteiger partial charge in [0.05, 0.1) is 4.92 Å². The second-order valence-electron chi connectivity index (χ2n) is 6.50. The van der Waals surface area contributed by atoms with Gasteiger partial charge in [0, 0.05) is 35.7 Å². The third kappa shape index (κ3) is 4.08. The second kappa shape index (κ2) is 8.22. The van der Waals surface area contributed by atoms with Gasteiger partial charge in [-0.2, -0.15) is 0 Å². The van der Waals surface area contributed by atoms with E-state index in [4.69, 9.17) is 0 Å². The van der Waals surface area contributed by atoms with Gasteiger partial charge in [0.15, 0.2) is 0 Å². The second-order valence-corrected chi connectivity index (χ2v) is 7.47. The number of anilines is 1. The first kappa shape index (κ1) is 19.4. The number of pyridine rings is 1. The molecular formula is C22H16N4O3S. The van der Waals surface area contributed by atoms with E-state index in [1.807, 2.05) is 37.3 Å². The minimum absolute atomic E-state index is 0.00842. The number of aromatic nitrogens is 2. The number of non-ortho nitro benzene ring substituents is 1. The zero-order chi connectivity index (χ0) is 21.1. The first-order valence-electron chi connectivity index (χ1n) is 9.06. The van der Waals surface area contributed by atoms with E-state index in [9.17, 15) is 14.9 Å². The standard InChI is InChI=1S/C22H16N4O3S/c1-14-17(21-25-19-6-3-13-23-22(19)30-21)4-2-5-18(14)24-20(27)12-9-15-7-10-16(11-8-15)26(28)29/h2-13H,1H3,(H,24,27)/b12-9+. The van der Waals surface area contributed by atoms with E-state index < -0.39 is 4.92 Å². The Bertz CT molecular complexity index is 1250. The van der Waals surface area contributed by atoms with Crippen LogP contribution in [0.5, 0.6) is 0 Å². The maximum absolute atomic E-state index is 12.4. The molecule has 8 heteroatoms. The van der Waals surface area contributed by atoms with Crippen LogP contribution in [0.3, 0.4) is 0 Å². The predicted octanol–water partition coefficient (Wildman–Crippen LogP) is 5.23. The lowest BCUT2D eigenvalue weighted by molar-refractivity contribution is -0.384. The van der Waals surface area contributed by atoms with E-state index in [0.29, 0.717) is 11.3 Å². The highest BCUT2D eigenvalue weighted by Crippen LogP contribution is 2.33. The van der Waals surface area contributed by atoms with Crippen LogP contribution in [-0.4, -0.2) is 20.8 Å². The summed E-state index contributed by atoms with van der Waals surface area (Å²) in [6.07, 6.45) is 4.75. The number of fused-ring (bicyclic) bond motifs is 1. The minimum Gasteiger partial charge on any atom is -0.322 e. The number of rotatable bonds is 5. The SMILES string of the molecule is Cc1c(NC(=O)/C=C/c2ccc([N+](=O)[O-])cc2)cccc1-c1nc2cccnc2s1. The van der Waals surface area contributed by atoms with Gasteiger partial charge < -0.3 is 5.32 Å². The van der Waals surface area contributed by atoms with Crippen molar-refractivity contribution in [3.8, 4) is 10.6 Å². The summed E-state index contributed by atoms with van der Waals surface area (Å²) in [7, 11) is 0. The van der Waals surface area contributed by atoms with Crippen LogP contribution in [0.15, 0.2) is 66.9 Å². The Morgan fingerprint density at radius 3 is 2.67 bits per heavy atom. The largest absolute Gasteiger partial charge is 0.322 e. The minimum atomic E-state index is -0.461. The molecule has 0 aliphatic heterocycles. The molecule has 2 heterocycles. The lowest BCUT2D eigenvalue weighted by Crippen LogP contribution is -2.09. The number of nitro groups is 1. The third-order valence-electron chi connectivity index (χ3n) is 4.52. The molecule has 7 nitrogen and oxygen atoms in total. The fourth-order valence-electron chi connectivity index (χ4n) is 2.94. The highest BCUT2D eigenvalue weighted by Gasteiger charge is 2.12. The molecule has 0 spiro atoms. The third-order valence-corrected chi connectivity index (χ3v) is 5.53. The number of nitro benzene ring substituents is 1. The molecule has 0 fully saturated rings. The number of thiazole rings is 1. The van der Waals surface area contributed by atoms with E-state index in [1.54, 1.807) is 24.4 Å². The van der Waals surface area contributed by atoms with Gasteiger partial charge in [0.25, 0.3) is 5.69 Å². The Balaban J connectivity index is 1.52. The molecular weight excluding hydrogens is 400 g/mol. The zero-order valence-electron chi connectivity index (χ0n) is 15.9.